The van der Waals surface area contributed by atoms with Gasteiger partial charge in [-0.15, -0.1) is 0 Å². The van der Waals surface area contributed by atoms with Crippen LogP contribution in [0.1, 0.15) is 16.8 Å². The zero-order chi connectivity index (χ0) is 21.4. The molecule has 3 aromatic rings. The maximum Gasteiger partial charge on any atom is 0.251 e. The molecule has 1 saturated heterocycles. The van der Waals surface area contributed by atoms with Crippen LogP contribution in [0, 0.1) is 5.82 Å². The lowest BCUT2D eigenvalue weighted by Crippen LogP contribution is -2.44. The highest BCUT2D eigenvalue weighted by Crippen LogP contribution is 2.36. The van der Waals surface area contributed by atoms with E-state index in [-0.39, 0.29) is 29.7 Å². The number of benzene rings is 3. The number of anilines is 2. The van der Waals surface area contributed by atoms with E-state index in [1.165, 1.54) is 24.3 Å². The van der Waals surface area contributed by atoms with E-state index in [0.29, 0.717) is 30.0 Å². The summed E-state index contributed by atoms with van der Waals surface area (Å²) in [5, 5.41) is 5.97. The number of para-hydroxylation sites is 2. The van der Waals surface area contributed by atoms with E-state index in [9.17, 15) is 14.0 Å². The molecule has 3 aromatic carbocycles. The van der Waals surface area contributed by atoms with Crippen molar-refractivity contribution in [2.45, 2.75) is 18.5 Å². The molecule has 0 saturated carbocycles. The Labute approximate surface area is 178 Å². The summed E-state index contributed by atoms with van der Waals surface area (Å²) in [5.41, 5.74) is 2.22. The number of rotatable bonds is 4. The Kier molecular flexibility index (Phi) is 4.78. The van der Waals surface area contributed by atoms with Crippen LogP contribution in [0.4, 0.5) is 15.8 Å². The molecular weight excluding hydrogens is 397 g/mol. The molecule has 2 unspecified atom stereocenters. The third kappa shape index (κ3) is 3.82. The van der Waals surface area contributed by atoms with Gasteiger partial charge < -0.3 is 20.3 Å². The molecule has 1 fully saturated rings. The Morgan fingerprint density at radius 1 is 1.03 bits per heavy atom. The Hall–Kier alpha value is -3.87. The van der Waals surface area contributed by atoms with Crippen molar-refractivity contribution in [2.24, 2.45) is 0 Å². The molecule has 31 heavy (non-hydrogen) atoms. The average molecular weight is 417 g/mol. The highest BCUT2D eigenvalue weighted by atomic mass is 19.1. The number of carbonyl (C=O) groups is 2. The monoisotopic (exact) mass is 417 g/mol. The number of halogens is 1. The highest BCUT2D eigenvalue weighted by Gasteiger charge is 2.41. The van der Waals surface area contributed by atoms with Gasteiger partial charge in [-0.3, -0.25) is 9.59 Å². The first-order valence-electron chi connectivity index (χ1n) is 10.1. The molecule has 7 heteroatoms. The van der Waals surface area contributed by atoms with Crippen LogP contribution in [0.15, 0.2) is 72.8 Å². The molecule has 2 amide bonds. The van der Waals surface area contributed by atoms with Gasteiger partial charge in [0.05, 0.1) is 11.4 Å². The standard InChI is InChI=1S/C24H20FN3O3/c25-16-8-10-18(11-9-16)31-19-5-3-4-15(12-19)23(29)26-17-13-22-24(30)27-20-6-1-2-7-21(20)28(22)14-17/h1-12,17,22H,13-14H2,(H,26,29)(H,27,30). The number of ether oxygens (including phenoxy) is 1. The predicted molar refractivity (Wildman–Crippen MR) is 115 cm³/mol. The molecule has 2 aliphatic heterocycles. The van der Waals surface area contributed by atoms with Gasteiger partial charge >= 0.3 is 0 Å². The lowest BCUT2D eigenvalue weighted by Gasteiger charge is -2.32. The fraction of sp³-hybridized carbons (Fsp3) is 0.167. The molecule has 0 aromatic heterocycles. The highest BCUT2D eigenvalue weighted by molar-refractivity contribution is 6.04. The minimum atomic E-state index is -0.343. The topological polar surface area (TPSA) is 70.7 Å². The van der Waals surface area contributed by atoms with Crippen LogP contribution >= 0.6 is 0 Å². The molecule has 156 valence electrons. The number of nitrogens with one attached hydrogen (secondary N) is 2. The molecule has 0 radical (unpaired) electrons. The molecular formula is C24H20FN3O3. The maximum atomic E-state index is 13.1. The number of amides is 2. The zero-order valence-corrected chi connectivity index (χ0v) is 16.5. The molecule has 2 N–H and O–H groups in total. The van der Waals surface area contributed by atoms with Crippen molar-refractivity contribution in [1.82, 2.24) is 5.32 Å². The van der Waals surface area contributed by atoms with Gasteiger partial charge in [0.1, 0.15) is 23.4 Å². The third-order valence-corrected chi connectivity index (χ3v) is 5.56. The molecule has 5 rings (SSSR count). The Balaban J connectivity index is 1.28. The average Bonchev–Trinajstić information content (AvgIpc) is 3.20. The minimum absolute atomic E-state index is 0.0508. The summed E-state index contributed by atoms with van der Waals surface area (Å²) in [6, 6.07) is 19.7. The smallest absolute Gasteiger partial charge is 0.251 e. The van der Waals surface area contributed by atoms with E-state index in [1.807, 2.05) is 29.2 Å². The number of carbonyl (C=O) groups excluding carboxylic acids is 2. The molecule has 0 bridgehead atoms. The number of hydrogen-bond donors (Lipinski definition) is 2. The quantitative estimate of drug-likeness (QED) is 0.675. The summed E-state index contributed by atoms with van der Waals surface area (Å²) in [4.78, 5) is 27.4. The van der Waals surface area contributed by atoms with E-state index in [4.69, 9.17) is 4.74 Å². The molecule has 0 spiro atoms. The molecule has 2 aliphatic rings. The van der Waals surface area contributed by atoms with Crippen LogP contribution in [0.25, 0.3) is 0 Å². The number of nitrogens with zero attached hydrogens (tertiary/aromatic N) is 1. The first kappa shape index (κ1) is 19.1. The van der Waals surface area contributed by atoms with Crippen molar-refractivity contribution in [3.63, 3.8) is 0 Å². The third-order valence-electron chi connectivity index (χ3n) is 5.56. The number of hydrogen-bond acceptors (Lipinski definition) is 4. The van der Waals surface area contributed by atoms with Crippen molar-refractivity contribution in [1.29, 1.82) is 0 Å². The van der Waals surface area contributed by atoms with Crippen molar-refractivity contribution < 1.29 is 18.7 Å². The van der Waals surface area contributed by atoms with Crippen LogP contribution in [0.3, 0.4) is 0 Å². The van der Waals surface area contributed by atoms with Gasteiger partial charge in [-0.1, -0.05) is 18.2 Å². The van der Waals surface area contributed by atoms with E-state index in [0.717, 1.165) is 11.4 Å². The van der Waals surface area contributed by atoms with Gasteiger partial charge in [-0.05, 0) is 61.0 Å². The van der Waals surface area contributed by atoms with Gasteiger partial charge in [0.2, 0.25) is 5.91 Å². The van der Waals surface area contributed by atoms with Gasteiger partial charge in [-0.25, -0.2) is 4.39 Å². The molecule has 2 heterocycles. The Morgan fingerprint density at radius 3 is 2.68 bits per heavy atom. The summed E-state index contributed by atoms with van der Waals surface area (Å²) in [5.74, 6) is 0.339. The SMILES string of the molecule is O=C(NC1CC2C(=O)Nc3ccccc3N2C1)c1cccc(Oc2ccc(F)cc2)c1. The molecule has 6 nitrogen and oxygen atoms in total. The second kappa shape index (κ2) is 7.75. The van der Waals surface area contributed by atoms with Crippen LogP contribution < -0.4 is 20.3 Å². The molecule has 0 aliphatic carbocycles. The van der Waals surface area contributed by atoms with Crippen LogP contribution in [0.2, 0.25) is 0 Å². The summed E-state index contributed by atoms with van der Waals surface area (Å²) in [6.07, 6.45) is 0.539. The van der Waals surface area contributed by atoms with Crippen molar-refractivity contribution >= 4 is 23.2 Å². The fourth-order valence-electron chi connectivity index (χ4n) is 4.11. The van der Waals surface area contributed by atoms with E-state index in [1.54, 1.807) is 24.3 Å². The summed E-state index contributed by atoms with van der Waals surface area (Å²) >= 11 is 0. The number of fused-ring (bicyclic) bond motifs is 3. The second-order valence-corrected chi connectivity index (χ2v) is 7.66. The van der Waals surface area contributed by atoms with Crippen molar-refractivity contribution in [2.75, 3.05) is 16.8 Å². The first-order valence-corrected chi connectivity index (χ1v) is 10.1. The zero-order valence-electron chi connectivity index (χ0n) is 16.5. The van der Waals surface area contributed by atoms with E-state index in [2.05, 4.69) is 10.6 Å². The summed E-state index contributed by atoms with van der Waals surface area (Å²) in [6.45, 7) is 0.562. The predicted octanol–water partition coefficient (Wildman–Crippen LogP) is 3.95. The van der Waals surface area contributed by atoms with Crippen molar-refractivity contribution in [3.05, 3.63) is 84.2 Å². The van der Waals surface area contributed by atoms with Crippen molar-refractivity contribution in [3.8, 4) is 11.5 Å². The van der Waals surface area contributed by atoms with E-state index >= 15 is 0 Å². The van der Waals surface area contributed by atoms with E-state index < -0.39 is 0 Å². The second-order valence-electron chi connectivity index (χ2n) is 7.66. The van der Waals surface area contributed by atoms with Crippen LogP contribution in [0.5, 0.6) is 11.5 Å². The van der Waals surface area contributed by atoms with Crippen LogP contribution in [-0.4, -0.2) is 30.4 Å². The summed E-state index contributed by atoms with van der Waals surface area (Å²) < 4.78 is 18.8. The van der Waals surface area contributed by atoms with Gasteiger partial charge in [0.25, 0.3) is 5.91 Å². The Morgan fingerprint density at radius 2 is 1.84 bits per heavy atom. The maximum absolute atomic E-state index is 13.1. The fourth-order valence-corrected chi connectivity index (χ4v) is 4.11. The normalized spacial score (nSPS) is 19.3. The Bertz CT molecular complexity index is 1150. The minimum Gasteiger partial charge on any atom is -0.457 e. The largest absolute Gasteiger partial charge is 0.457 e. The van der Waals surface area contributed by atoms with Gasteiger partial charge in [-0.2, -0.15) is 0 Å². The van der Waals surface area contributed by atoms with Crippen LogP contribution in [-0.2, 0) is 4.79 Å². The van der Waals surface area contributed by atoms with Gasteiger partial charge in [0, 0.05) is 18.2 Å². The first-order chi connectivity index (χ1) is 15.1. The molecule has 2 atom stereocenters. The lowest BCUT2D eigenvalue weighted by molar-refractivity contribution is -0.117. The lowest BCUT2D eigenvalue weighted by atomic mass is 10.1. The summed E-state index contributed by atoms with van der Waals surface area (Å²) in [7, 11) is 0. The van der Waals surface area contributed by atoms with Gasteiger partial charge in [0.15, 0.2) is 0 Å².